The Morgan fingerprint density at radius 2 is 1.70 bits per heavy atom. The number of ether oxygens (including phenoxy) is 2. The SMILES string of the molecule is CCOc1ccc(/C=N\NC(=O)c2cccc3ccccc23)cc1OCC. The van der Waals surface area contributed by atoms with Gasteiger partial charge in [0.15, 0.2) is 11.5 Å². The molecule has 27 heavy (non-hydrogen) atoms. The first kappa shape index (κ1) is 18.5. The highest BCUT2D eigenvalue weighted by atomic mass is 16.5. The molecule has 0 saturated heterocycles. The van der Waals surface area contributed by atoms with Crippen molar-refractivity contribution >= 4 is 22.9 Å². The Hall–Kier alpha value is -3.34. The van der Waals surface area contributed by atoms with Crippen LogP contribution in [-0.2, 0) is 0 Å². The molecular formula is C22H22N2O3. The van der Waals surface area contributed by atoms with Crippen molar-refractivity contribution in [1.82, 2.24) is 5.43 Å². The van der Waals surface area contributed by atoms with Crippen molar-refractivity contribution in [2.24, 2.45) is 5.10 Å². The topological polar surface area (TPSA) is 59.9 Å². The van der Waals surface area contributed by atoms with Crippen molar-refractivity contribution in [1.29, 1.82) is 0 Å². The molecule has 0 unspecified atom stereocenters. The van der Waals surface area contributed by atoms with E-state index in [9.17, 15) is 4.79 Å². The van der Waals surface area contributed by atoms with Gasteiger partial charge in [-0.3, -0.25) is 4.79 Å². The molecule has 0 fully saturated rings. The summed E-state index contributed by atoms with van der Waals surface area (Å²) < 4.78 is 11.1. The van der Waals surface area contributed by atoms with Crippen LogP contribution < -0.4 is 14.9 Å². The third-order valence-electron chi connectivity index (χ3n) is 3.98. The van der Waals surface area contributed by atoms with Crippen LogP contribution in [0.1, 0.15) is 29.8 Å². The number of hydrogen-bond acceptors (Lipinski definition) is 4. The summed E-state index contributed by atoms with van der Waals surface area (Å²) in [6, 6.07) is 18.9. The van der Waals surface area contributed by atoms with Crippen LogP contribution in [-0.4, -0.2) is 25.3 Å². The third kappa shape index (κ3) is 4.44. The number of hydrazone groups is 1. The Morgan fingerprint density at radius 1 is 0.963 bits per heavy atom. The molecule has 0 saturated carbocycles. The molecule has 3 aromatic rings. The predicted molar refractivity (Wildman–Crippen MR) is 108 cm³/mol. The number of fused-ring (bicyclic) bond motifs is 1. The zero-order chi connectivity index (χ0) is 19.1. The van der Waals surface area contributed by atoms with Crippen molar-refractivity contribution in [3.8, 4) is 11.5 Å². The molecular weight excluding hydrogens is 340 g/mol. The van der Waals surface area contributed by atoms with Crippen LogP contribution in [0.2, 0.25) is 0 Å². The van der Waals surface area contributed by atoms with Gasteiger partial charge in [-0.25, -0.2) is 5.43 Å². The Morgan fingerprint density at radius 3 is 2.52 bits per heavy atom. The molecule has 0 bridgehead atoms. The highest BCUT2D eigenvalue weighted by Gasteiger charge is 2.09. The number of hydrogen-bond donors (Lipinski definition) is 1. The van der Waals surface area contributed by atoms with Gasteiger partial charge in [0.05, 0.1) is 19.4 Å². The maximum atomic E-state index is 12.5. The number of carbonyl (C=O) groups excluding carboxylic acids is 1. The van der Waals surface area contributed by atoms with E-state index in [1.54, 1.807) is 12.3 Å². The number of nitrogens with zero attached hydrogens (tertiary/aromatic N) is 1. The monoisotopic (exact) mass is 362 g/mol. The molecule has 5 heteroatoms. The summed E-state index contributed by atoms with van der Waals surface area (Å²) in [4.78, 5) is 12.5. The van der Waals surface area contributed by atoms with Gasteiger partial charge in [0.25, 0.3) is 5.91 Å². The first-order chi connectivity index (χ1) is 13.2. The minimum Gasteiger partial charge on any atom is -0.490 e. The molecule has 0 aliphatic carbocycles. The normalized spacial score (nSPS) is 10.9. The minimum absolute atomic E-state index is 0.251. The minimum atomic E-state index is -0.251. The average Bonchev–Trinajstić information content (AvgIpc) is 2.69. The van der Waals surface area contributed by atoms with Crippen molar-refractivity contribution < 1.29 is 14.3 Å². The fourth-order valence-electron chi connectivity index (χ4n) is 2.80. The predicted octanol–water partition coefficient (Wildman–Crippen LogP) is 4.40. The summed E-state index contributed by atoms with van der Waals surface area (Å²) in [5.74, 6) is 1.10. The molecule has 3 rings (SSSR count). The fourth-order valence-corrected chi connectivity index (χ4v) is 2.80. The smallest absolute Gasteiger partial charge is 0.271 e. The maximum absolute atomic E-state index is 12.5. The number of amides is 1. The summed E-state index contributed by atoms with van der Waals surface area (Å²) in [5, 5.41) is 5.99. The summed E-state index contributed by atoms with van der Waals surface area (Å²) in [6.45, 7) is 4.95. The van der Waals surface area contributed by atoms with Crippen molar-refractivity contribution in [3.05, 3.63) is 71.8 Å². The molecule has 1 amide bonds. The van der Waals surface area contributed by atoms with Gasteiger partial charge in [-0.2, -0.15) is 5.10 Å². The molecule has 0 aromatic heterocycles. The standard InChI is InChI=1S/C22H22N2O3/c1-3-26-20-13-12-16(14-21(20)27-4-2)15-23-24-22(25)19-11-7-9-17-8-5-6-10-18(17)19/h5-15H,3-4H2,1-2H3,(H,24,25)/b23-15-. The zero-order valence-electron chi connectivity index (χ0n) is 15.4. The van der Waals surface area contributed by atoms with Crippen molar-refractivity contribution in [2.45, 2.75) is 13.8 Å². The summed E-state index contributed by atoms with van der Waals surface area (Å²) >= 11 is 0. The molecule has 0 atom stereocenters. The largest absolute Gasteiger partial charge is 0.490 e. The van der Waals surface area contributed by atoms with E-state index in [1.807, 2.05) is 68.4 Å². The van der Waals surface area contributed by atoms with E-state index in [4.69, 9.17) is 9.47 Å². The van der Waals surface area contributed by atoms with E-state index in [0.717, 1.165) is 16.3 Å². The van der Waals surface area contributed by atoms with Gasteiger partial charge < -0.3 is 9.47 Å². The molecule has 3 aromatic carbocycles. The van der Waals surface area contributed by atoms with E-state index < -0.39 is 0 Å². The molecule has 0 aliphatic rings. The van der Waals surface area contributed by atoms with Crippen LogP contribution in [0.4, 0.5) is 0 Å². The van der Waals surface area contributed by atoms with Gasteiger partial charge in [0, 0.05) is 5.56 Å². The van der Waals surface area contributed by atoms with Crippen LogP contribution in [0, 0.1) is 0 Å². The second kappa shape index (κ2) is 8.85. The molecule has 0 heterocycles. The van der Waals surface area contributed by atoms with Crippen LogP contribution in [0.25, 0.3) is 10.8 Å². The van der Waals surface area contributed by atoms with E-state index >= 15 is 0 Å². The van der Waals surface area contributed by atoms with Crippen LogP contribution in [0.5, 0.6) is 11.5 Å². The van der Waals surface area contributed by atoms with Gasteiger partial charge in [-0.05, 0) is 54.4 Å². The van der Waals surface area contributed by atoms with Crippen LogP contribution in [0.3, 0.4) is 0 Å². The third-order valence-corrected chi connectivity index (χ3v) is 3.98. The zero-order valence-corrected chi connectivity index (χ0v) is 15.4. The van der Waals surface area contributed by atoms with Gasteiger partial charge in [0.1, 0.15) is 0 Å². The Balaban J connectivity index is 1.75. The lowest BCUT2D eigenvalue weighted by atomic mass is 10.0. The summed E-state index contributed by atoms with van der Waals surface area (Å²) in [5.41, 5.74) is 3.98. The number of rotatable bonds is 7. The maximum Gasteiger partial charge on any atom is 0.271 e. The Labute approximate surface area is 158 Å². The number of nitrogens with one attached hydrogen (secondary N) is 1. The lowest BCUT2D eigenvalue weighted by molar-refractivity contribution is 0.0957. The molecule has 0 spiro atoms. The first-order valence-electron chi connectivity index (χ1n) is 8.93. The van der Waals surface area contributed by atoms with Gasteiger partial charge in [-0.15, -0.1) is 0 Å². The second-order valence-corrected chi connectivity index (χ2v) is 5.80. The average molecular weight is 362 g/mol. The molecule has 5 nitrogen and oxygen atoms in total. The van der Waals surface area contributed by atoms with E-state index in [-0.39, 0.29) is 5.91 Å². The van der Waals surface area contributed by atoms with Crippen molar-refractivity contribution in [2.75, 3.05) is 13.2 Å². The van der Waals surface area contributed by atoms with Gasteiger partial charge in [-0.1, -0.05) is 36.4 Å². The number of benzene rings is 3. The lowest BCUT2D eigenvalue weighted by Gasteiger charge is -2.11. The summed E-state index contributed by atoms with van der Waals surface area (Å²) in [6.07, 6.45) is 1.58. The molecule has 138 valence electrons. The van der Waals surface area contributed by atoms with E-state index in [1.165, 1.54) is 0 Å². The van der Waals surface area contributed by atoms with Crippen LogP contribution >= 0.6 is 0 Å². The number of carbonyl (C=O) groups is 1. The molecule has 1 N–H and O–H groups in total. The second-order valence-electron chi connectivity index (χ2n) is 5.80. The summed E-state index contributed by atoms with van der Waals surface area (Å²) in [7, 11) is 0. The molecule has 0 radical (unpaired) electrons. The quantitative estimate of drug-likeness (QED) is 0.500. The highest BCUT2D eigenvalue weighted by Crippen LogP contribution is 2.28. The Bertz CT molecular complexity index is 961. The molecule has 0 aliphatic heterocycles. The fraction of sp³-hybridized carbons (Fsp3) is 0.182. The van der Waals surface area contributed by atoms with E-state index in [2.05, 4.69) is 10.5 Å². The Kier molecular flexibility index (Phi) is 6.05. The van der Waals surface area contributed by atoms with Gasteiger partial charge >= 0.3 is 0 Å². The lowest BCUT2D eigenvalue weighted by Crippen LogP contribution is -2.17. The van der Waals surface area contributed by atoms with Crippen LogP contribution in [0.15, 0.2) is 65.8 Å². The van der Waals surface area contributed by atoms with E-state index in [0.29, 0.717) is 30.3 Å². The first-order valence-corrected chi connectivity index (χ1v) is 8.93. The highest BCUT2D eigenvalue weighted by molar-refractivity contribution is 6.07. The van der Waals surface area contributed by atoms with Gasteiger partial charge in [0.2, 0.25) is 0 Å². The van der Waals surface area contributed by atoms with Crippen molar-refractivity contribution in [3.63, 3.8) is 0 Å².